The van der Waals surface area contributed by atoms with Crippen molar-refractivity contribution in [1.29, 1.82) is 0 Å². The molecule has 0 saturated carbocycles. The summed E-state index contributed by atoms with van der Waals surface area (Å²) in [5.74, 6) is -2.02. The molecule has 2 rings (SSSR count). The van der Waals surface area contributed by atoms with Crippen LogP contribution < -0.4 is 10.6 Å². The Hall–Kier alpha value is -2.77. The molecule has 1 atom stereocenters. The Morgan fingerprint density at radius 2 is 1.79 bits per heavy atom. The van der Waals surface area contributed by atoms with Gasteiger partial charge in [-0.1, -0.05) is 34.1 Å². The van der Waals surface area contributed by atoms with Gasteiger partial charge in [-0.15, -0.1) is 0 Å². The van der Waals surface area contributed by atoms with Crippen LogP contribution in [0.3, 0.4) is 0 Å². The van der Waals surface area contributed by atoms with Crippen LogP contribution in [0.5, 0.6) is 0 Å². The minimum Gasteiger partial charge on any atom is -0.344 e. The van der Waals surface area contributed by atoms with Gasteiger partial charge < -0.3 is 10.6 Å². The Balaban J connectivity index is 2.02. The molecular formula is C20H26F2N4O2. The molecule has 0 aliphatic heterocycles. The number of nitrogens with zero attached hydrogens (tertiary/aromatic N) is 1. The smallest absolute Gasteiger partial charge is 0.248 e. The van der Waals surface area contributed by atoms with E-state index in [9.17, 15) is 18.4 Å². The first-order valence-corrected chi connectivity index (χ1v) is 9.19. The number of nitrogens with one attached hydrogen (secondary N) is 3. The number of H-pyrrole nitrogens is 1. The maximum atomic E-state index is 13.3. The number of hydrogen-bond acceptors (Lipinski definition) is 3. The van der Waals surface area contributed by atoms with E-state index >= 15 is 0 Å². The highest BCUT2D eigenvalue weighted by molar-refractivity contribution is 5.96. The van der Waals surface area contributed by atoms with E-state index in [1.165, 1.54) is 0 Å². The second-order valence-electron chi connectivity index (χ2n) is 7.77. The summed E-state index contributed by atoms with van der Waals surface area (Å²) in [4.78, 5) is 24.8. The summed E-state index contributed by atoms with van der Waals surface area (Å²) in [6.07, 6.45) is 0.866. The molecule has 0 fully saturated rings. The molecule has 1 aromatic carbocycles. The van der Waals surface area contributed by atoms with Gasteiger partial charge in [0.1, 0.15) is 17.7 Å². The largest absolute Gasteiger partial charge is 0.344 e. The summed E-state index contributed by atoms with van der Waals surface area (Å²) in [7, 11) is 0. The lowest BCUT2D eigenvalue weighted by atomic mass is 9.92. The number of amides is 2. The number of carbonyl (C=O) groups is 2. The molecule has 1 unspecified atom stereocenters. The lowest BCUT2D eigenvalue weighted by Gasteiger charge is -2.17. The van der Waals surface area contributed by atoms with E-state index in [1.807, 2.05) is 27.7 Å². The predicted molar refractivity (Wildman–Crippen MR) is 103 cm³/mol. The fourth-order valence-corrected chi connectivity index (χ4v) is 2.68. The van der Waals surface area contributed by atoms with Crippen LogP contribution >= 0.6 is 0 Å². The number of rotatable bonds is 7. The summed E-state index contributed by atoms with van der Waals surface area (Å²) in [6, 6.07) is 3.90. The van der Waals surface area contributed by atoms with Gasteiger partial charge in [0, 0.05) is 23.2 Å². The third-order valence-corrected chi connectivity index (χ3v) is 4.15. The summed E-state index contributed by atoms with van der Waals surface area (Å²) in [5, 5.41) is 12.3. The fourth-order valence-electron chi connectivity index (χ4n) is 2.68. The van der Waals surface area contributed by atoms with Crippen LogP contribution in [0, 0.1) is 11.6 Å². The fraction of sp³-hybridized carbons (Fsp3) is 0.450. The van der Waals surface area contributed by atoms with Gasteiger partial charge in [0.05, 0.1) is 6.42 Å². The quantitative estimate of drug-likeness (QED) is 0.674. The second-order valence-corrected chi connectivity index (χ2v) is 7.77. The van der Waals surface area contributed by atoms with Gasteiger partial charge in [-0.3, -0.25) is 14.7 Å². The summed E-state index contributed by atoms with van der Waals surface area (Å²) >= 11 is 0. The maximum Gasteiger partial charge on any atom is 0.248 e. The van der Waals surface area contributed by atoms with Gasteiger partial charge in [0.25, 0.3) is 0 Å². The summed E-state index contributed by atoms with van der Waals surface area (Å²) < 4.78 is 26.5. The van der Waals surface area contributed by atoms with Crippen molar-refractivity contribution in [3.05, 3.63) is 47.2 Å². The Kier molecular flexibility index (Phi) is 6.88. The molecule has 8 heteroatoms. The van der Waals surface area contributed by atoms with E-state index < -0.39 is 29.5 Å². The highest BCUT2D eigenvalue weighted by Crippen LogP contribution is 2.22. The first kappa shape index (κ1) is 21.5. The lowest BCUT2D eigenvalue weighted by molar-refractivity contribution is -0.126. The molecule has 3 N–H and O–H groups in total. The molecule has 2 amide bonds. The number of hydrogen-bond donors (Lipinski definition) is 3. The van der Waals surface area contributed by atoms with Gasteiger partial charge in [0.15, 0.2) is 5.82 Å². The van der Waals surface area contributed by atoms with Gasteiger partial charge >= 0.3 is 0 Å². The molecule has 0 saturated heterocycles. The minimum absolute atomic E-state index is 0.146. The Morgan fingerprint density at radius 1 is 1.14 bits per heavy atom. The molecule has 1 aromatic heterocycles. The number of aromatic amines is 1. The van der Waals surface area contributed by atoms with E-state index in [4.69, 9.17) is 0 Å². The van der Waals surface area contributed by atoms with Crippen LogP contribution in [-0.4, -0.2) is 28.1 Å². The van der Waals surface area contributed by atoms with Crippen molar-refractivity contribution in [2.45, 2.75) is 58.4 Å². The van der Waals surface area contributed by atoms with Crippen molar-refractivity contribution in [2.24, 2.45) is 0 Å². The monoisotopic (exact) mass is 392 g/mol. The zero-order chi connectivity index (χ0) is 20.9. The van der Waals surface area contributed by atoms with Crippen molar-refractivity contribution in [1.82, 2.24) is 15.5 Å². The molecule has 28 heavy (non-hydrogen) atoms. The molecule has 0 radical (unpaired) electrons. The van der Waals surface area contributed by atoms with E-state index in [-0.39, 0.29) is 17.4 Å². The number of halogens is 2. The van der Waals surface area contributed by atoms with Crippen LogP contribution in [0.2, 0.25) is 0 Å². The van der Waals surface area contributed by atoms with Crippen LogP contribution in [0.4, 0.5) is 14.6 Å². The molecule has 152 valence electrons. The first-order chi connectivity index (χ1) is 13.1. The van der Waals surface area contributed by atoms with Crippen LogP contribution in [0.25, 0.3) is 0 Å². The second kappa shape index (κ2) is 8.95. The lowest BCUT2D eigenvalue weighted by Crippen LogP contribution is -2.44. The standard InChI is InChI=1S/C20H26F2N4O2/c1-5-6-15(19(28)24-17-11-16(25-26-17)20(2,3)4)23-18(27)9-12-7-13(21)10-14(22)8-12/h7-8,10-11,15H,5-6,9H2,1-4H3,(H,23,27)(H2,24,25,26,28). The number of carbonyl (C=O) groups excluding carboxylic acids is 2. The number of anilines is 1. The minimum atomic E-state index is -0.773. The van der Waals surface area contributed by atoms with E-state index in [0.717, 1.165) is 23.9 Å². The average molecular weight is 392 g/mol. The van der Waals surface area contributed by atoms with Crippen LogP contribution in [-0.2, 0) is 21.4 Å². The van der Waals surface area contributed by atoms with Gasteiger partial charge in [-0.25, -0.2) is 8.78 Å². The van der Waals surface area contributed by atoms with Crippen molar-refractivity contribution >= 4 is 17.6 Å². The maximum absolute atomic E-state index is 13.3. The molecule has 0 bridgehead atoms. The van der Waals surface area contributed by atoms with E-state index in [0.29, 0.717) is 18.7 Å². The van der Waals surface area contributed by atoms with Crippen molar-refractivity contribution in [3.8, 4) is 0 Å². The van der Waals surface area contributed by atoms with Crippen molar-refractivity contribution in [3.63, 3.8) is 0 Å². The third kappa shape index (κ3) is 6.14. The van der Waals surface area contributed by atoms with Gasteiger partial charge in [-0.2, -0.15) is 5.10 Å². The number of benzene rings is 1. The normalized spacial score (nSPS) is 12.5. The Bertz CT molecular complexity index is 823. The highest BCUT2D eigenvalue weighted by Gasteiger charge is 2.22. The van der Waals surface area contributed by atoms with Crippen molar-refractivity contribution in [2.75, 3.05) is 5.32 Å². The molecular weight excluding hydrogens is 366 g/mol. The molecule has 0 spiro atoms. The summed E-state index contributed by atoms with van der Waals surface area (Å²) in [6.45, 7) is 7.94. The Morgan fingerprint density at radius 3 is 2.32 bits per heavy atom. The molecule has 6 nitrogen and oxygen atoms in total. The molecule has 2 aromatic rings. The topological polar surface area (TPSA) is 86.9 Å². The van der Waals surface area contributed by atoms with Crippen molar-refractivity contribution < 1.29 is 18.4 Å². The van der Waals surface area contributed by atoms with Gasteiger partial charge in [-0.05, 0) is 24.1 Å². The molecule has 0 aliphatic rings. The van der Waals surface area contributed by atoms with Gasteiger partial charge in [0.2, 0.25) is 11.8 Å². The first-order valence-electron chi connectivity index (χ1n) is 9.19. The van der Waals surface area contributed by atoms with E-state index in [1.54, 1.807) is 6.07 Å². The third-order valence-electron chi connectivity index (χ3n) is 4.15. The summed E-state index contributed by atoms with van der Waals surface area (Å²) in [5.41, 5.74) is 0.924. The highest BCUT2D eigenvalue weighted by atomic mass is 19.1. The number of aromatic nitrogens is 2. The predicted octanol–water partition coefficient (Wildman–Crippen LogP) is 3.45. The van der Waals surface area contributed by atoms with Crippen LogP contribution in [0.15, 0.2) is 24.3 Å². The zero-order valence-electron chi connectivity index (χ0n) is 16.5. The van der Waals surface area contributed by atoms with E-state index in [2.05, 4.69) is 20.8 Å². The Labute approximate surface area is 163 Å². The molecule has 0 aliphatic carbocycles. The zero-order valence-corrected chi connectivity index (χ0v) is 16.5. The SMILES string of the molecule is CCCC(NC(=O)Cc1cc(F)cc(F)c1)C(=O)Nc1cc(C(C)(C)C)[nH]n1. The van der Waals surface area contributed by atoms with Crippen LogP contribution in [0.1, 0.15) is 51.8 Å². The molecule has 1 heterocycles. The average Bonchev–Trinajstić information content (AvgIpc) is 3.02.